The molecule has 0 aliphatic carbocycles. The molecule has 7 N–H and O–H groups in total. The van der Waals surface area contributed by atoms with E-state index in [1.807, 2.05) is 6.07 Å². The fraction of sp³-hybridized carbons (Fsp3) is 0.231. The second-order valence-electron chi connectivity index (χ2n) is 7.88. The molecule has 12 nitrogen and oxygen atoms in total. The standard InChI is InChI=1S/C16H16N2O3.C8H10N2O3S.C2HF3O2/c17-10-11-5-4-8-13(9-11)15(19)18-14(16(20)21)12-6-2-1-3-7-12;1-3-13-8(12)5-4(2)10-7(14-5)6(9)11;3-2(4,5)1(6)7/h1-9,14H,10,17H2,(H,18,19)(H,20,21);3H2,1-2H3,(H2,9,11);(H,6,7)/t14-;;/m1../s1. The molecule has 0 bridgehead atoms. The summed E-state index contributed by atoms with van der Waals surface area (Å²) in [6.07, 6.45) is -5.08. The van der Waals surface area contributed by atoms with E-state index in [1.54, 1.807) is 62.4 Å². The second-order valence-corrected chi connectivity index (χ2v) is 8.88. The van der Waals surface area contributed by atoms with Gasteiger partial charge in [0.1, 0.15) is 4.88 Å². The van der Waals surface area contributed by atoms with Crippen LogP contribution in [0.2, 0.25) is 0 Å². The largest absolute Gasteiger partial charge is 0.490 e. The van der Waals surface area contributed by atoms with Gasteiger partial charge >= 0.3 is 24.1 Å². The van der Waals surface area contributed by atoms with Crippen LogP contribution >= 0.6 is 11.3 Å². The molecule has 1 aromatic heterocycles. The number of aliphatic carboxylic acids is 2. The highest BCUT2D eigenvalue weighted by Gasteiger charge is 2.38. The Balaban J connectivity index is 0.000000361. The molecule has 0 spiro atoms. The molecule has 0 aliphatic heterocycles. The molecular weight excluding hydrogens is 585 g/mol. The van der Waals surface area contributed by atoms with Crippen LogP contribution in [0.25, 0.3) is 0 Å². The topological polar surface area (TPSA) is 212 Å². The second kappa shape index (κ2) is 16.4. The third-order valence-electron chi connectivity index (χ3n) is 4.79. The van der Waals surface area contributed by atoms with Crippen LogP contribution < -0.4 is 16.8 Å². The van der Waals surface area contributed by atoms with Crippen molar-refractivity contribution < 1.29 is 52.1 Å². The number of hydrogen-bond acceptors (Lipinski definition) is 9. The van der Waals surface area contributed by atoms with Gasteiger partial charge in [0.05, 0.1) is 12.3 Å². The lowest BCUT2D eigenvalue weighted by atomic mass is 10.1. The van der Waals surface area contributed by atoms with Gasteiger partial charge in [-0.2, -0.15) is 13.2 Å². The number of aromatic nitrogens is 1. The number of amides is 2. The summed E-state index contributed by atoms with van der Waals surface area (Å²) in [5.41, 5.74) is 12.8. The average molecular weight is 613 g/mol. The predicted octanol–water partition coefficient (Wildman–Crippen LogP) is 3.06. The summed E-state index contributed by atoms with van der Waals surface area (Å²) in [5.74, 6) is -5.40. The Morgan fingerprint density at radius 3 is 2.10 bits per heavy atom. The third kappa shape index (κ3) is 11.3. The normalized spacial score (nSPS) is 11.0. The lowest BCUT2D eigenvalue weighted by Gasteiger charge is -2.15. The SMILES string of the molecule is CCOC(=O)c1sc(C(N)=O)nc1C.NCc1cccc(C(=O)N[C@@H](C(=O)O)c2ccccc2)c1.O=C(O)C(F)(F)F. The van der Waals surface area contributed by atoms with Crippen LogP contribution in [-0.2, 0) is 20.9 Å². The molecule has 2 aromatic carbocycles. The first-order chi connectivity index (χ1) is 19.6. The van der Waals surface area contributed by atoms with Crippen LogP contribution in [-0.4, -0.2) is 57.7 Å². The molecular formula is C26H27F3N4O8S. The van der Waals surface area contributed by atoms with Crippen molar-refractivity contribution in [1.82, 2.24) is 10.3 Å². The van der Waals surface area contributed by atoms with Crippen LogP contribution in [0.15, 0.2) is 54.6 Å². The fourth-order valence-corrected chi connectivity index (χ4v) is 3.69. The number of hydrogen-bond donors (Lipinski definition) is 5. The van der Waals surface area contributed by atoms with Crippen molar-refractivity contribution in [2.24, 2.45) is 11.5 Å². The smallest absolute Gasteiger partial charge is 0.479 e. The van der Waals surface area contributed by atoms with Crippen molar-refractivity contribution in [2.75, 3.05) is 6.61 Å². The number of rotatable bonds is 8. The molecule has 3 rings (SSSR count). The molecule has 1 atom stereocenters. The summed E-state index contributed by atoms with van der Waals surface area (Å²) >= 11 is 0.955. The Kier molecular flexibility index (Phi) is 13.8. The molecule has 16 heteroatoms. The Morgan fingerprint density at radius 2 is 1.64 bits per heavy atom. The van der Waals surface area contributed by atoms with Crippen LogP contribution in [0.5, 0.6) is 0 Å². The quantitative estimate of drug-likeness (QED) is 0.235. The van der Waals surface area contributed by atoms with Gasteiger partial charge in [-0.05, 0) is 37.1 Å². The summed E-state index contributed by atoms with van der Waals surface area (Å²) in [7, 11) is 0. The van der Waals surface area contributed by atoms with E-state index in [0.29, 0.717) is 34.8 Å². The van der Waals surface area contributed by atoms with E-state index >= 15 is 0 Å². The highest BCUT2D eigenvalue weighted by Crippen LogP contribution is 2.19. The third-order valence-corrected chi connectivity index (χ3v) is 5.94. The fourth-order valence-electron chi connectivity index (χ4n) is 2.87. The number of aryl methyl sites for hydroxylation is 1. The van der Waals surface area contributed by atoms with Crippen LogP contribution in [0.3, 0.4) is 0 Å². The van der Waals surface area contributed by atoms with Crippen molar-refractivity contribution >= 4 is 41.1 Å². The lowest BCUT2D eigenvalue weighted by Crippen LogP contribution is -2.33. The number of ether oxygens (including phenoxy) is 1. The minimum Gasteiger partial charge on any atom is -0.479 e. The van der Waals surface area contributed by atoms with Gasteiger partial charge in [-0.25, -0.2) is 19.4 Å². The van der Waals surface area contributed by atoms with E-state index in [4.69, 9.17) is 26.1 Å². The number of primary amides is 1. The minimum atomic E-state index is -5.08. The highest BCUT2D eigenvalue weighted by atomic mass is 32.1. The molecule has 0 fully saturated rings. The zero-order chi connectivity index (χ0) is 32.0. The molecule has 0 aliphatic rings. The van der Waals surface area contributed by atoms with Crippen LogP contribution in [0.4, 0.5) is 13.2 Å². The first kappa shape index (κ1) is 35.2. The molecule has 42 heavy (non-hydrogen) atoms. The van der Waals surface area contributed by atoms with Crippen molar-refractivity contribution in [3.8, 4) is 0 Å². The predicted molar refractivity (Wildman–Crippen MR) is 144 cm³/mol. The Labute approximate surface area is 241 Å². The number of carbonyl (C=O) groups excluding carboxylic acids is 3. The van der Waals surface area contributed by atoms with Crippen LogP contribution in [0, 0.1) is 6.92 Å². The van der Waals surface area contributed by atoms with Gasteiger partial charge in [0, 0.05) is 12.1 Å². The Bertz CT molecular complexity index is 1400. The number of alkyl halides is 3. The Morgan fingerprint density at radius 1 is 1.05 bits per heavy atom. The van der Waals surface area contributed by atoms with E-state index in [9.17, 15) is 37.5 Å². The molecule has 0 saturated heterocycles. The number of thiazole rings is 1. The van der Waals surface area contributed by atoms with Gasteiger partial charge in [0.15, 0.2) is 11.0 Å². The summed E-state index contributed by atoms with van der Waals surface area (Å²) in [5, 5.41) is 19.1. The maximum absolute atomic E-state index is 12.2. The summed E-state index contributed by atoms with van der Waals surface area (Å²) < 4.78 is 36.5. The molecule has 226 valence electrons. The average Bonchev–Trinajstić information content (AvgIpc) is 3.34. The Hall–Kier alpha value is -4.83. The van der Waals surface area contributed by atoms with Gasteiger partial charge in [0.2, 0.25) is 0 Å². The van der Waals surface area contributed by atoms with Gasteiger partial charge in [-0.3, -0.25) is 9.59 Å². The summed E-state index contributed by atoms with van der Waals surface area (Å²) in [4.78, 5) is 58.7. The monoisotopic (exact) mass is 612 g/mol. The summed E-state index contributed by atoms with van der Waals surface area (Å²) in [6, 6.07) is 14.3. The number of carboxylic acids is 2. The van der Waals surface area contributed by atoms with E-state index in [0.717, 1.165) is 16.9 Å². The molecule has 2 amide bonds. The highest BCUT2D eigenvalue weighted by molar-refractivity contribution is 7.15. The first-order valence-electron chi connectivity index (χ1n) is 11.7. The molecule has 0 unspecified atom stereocenters. The molecule has 3 aromatic rings. The van der Waals surface area contributed by atoms with Crippen molar-refractivity contribution in [3.05, 3.63) is 86.9 Å². The van der Waals surface area contributed by atoms with Gasteiger partial charge < -0.3 is 31.7 Å². The number of nitrogens with zero attached hydrogens (tertiary/aromatic N) is 1. The summed E-state index contributed by atoms with van der Waals surface area (Å²) in [6.45, 7) is 3.96. The zero-order valence-corrected chi connectivity index (χ0v) is 23.0. The van der Waals surface area contributed by atoms with Crippen molar-refractivity contribution in [2.45, 2.75) is 32.6 Å². The zero-order valence-electron chi connectivity index (χ0n) is 22.2. The van der Waals surface area contributed by atoms with E-state index in [-0.39, 0.29) is 5.01 Å². The number of carboxylic acid groups (broad SMARTS) is 2. The van der Waals surface area contributed by atoms with Gasteiger partial charge in [-0.1, -0.05) is 42.5 Å². The molecule has 1 heterocycles. The number of halogens is 3. The van der Waals surface area contributed by atoms with Gasteiger partial charge in [-0.15, -0.1) is 11.3 Å². The first-order valence-corrected chi connectivity index (χ1v) is 12.6. The molecule has 0 saturated carbocycles. The van der Waals surface area contributed by atoms with E-state index in [1.165, 1.54) is 0 Å². The van der Waals surface area contributed by atoms with Crippen molar-refractivity contribution in [1.29, 1.82) is 0 Å². The number of benzene rings is 2. The van der Waals surface area contributed by atoms with Gasteiger partial charge in [0.25, 0.3) is 11.8 Å². The molecule has 0 radical (unpaired) electrons. The maximum Gasteiger partial charge on any atom is 0.490 e. The lowest BCUT2D eigenvalue weighted by molar-refractivity contribution is -0.192. The number of nitrogens with one attached hydrogen (secondary N) is 1. The number of carbonyl (C=O) groups is 5. The van der Waals surface area contributed by atoms with Crippen LogP contribution in [0.1, 0.15) is 59.6 Å². The number of nitrogens with two attached hydrogens (primary N) is 2. The number of esters is 1. The minimum absolute atomic E-state index is 0.130. The maximum atomic E-state index is 12.2. The van der Waals surface area contributed by atoms with Crippen molar-refractivity contribution in [3.63, 3.8) is 0 Å². The van der Waals surface area contributed by atoms with E-state index in [2.05, 4.69) is 10.3 Å². The van der Waals surface area contributed by atoms with E-state index < -0.39 is 41.9 Å².